The zero-order valence-corrected chi connectivity index (χ0v) is 9.87. The standard InChI is InChI=1S/C13H15NO.ClH/c14-9-4-10-15-13-8-3-6-11-5-1-2-7-12(11)13;/h1-3,5-8H,4,9-10,14H2;1H. The van der Waals surface area contributed by atoms with Crippen LogP contribution in [0.15, 0.2) is 42.5 Å². The van der Waals surface area contributed by atoms with Crippen LogP contribution in [-0.4, -0.2) is 13.2 Å². The normalized spacial score (nSPS) is 9.81. The van der Waals surface area contributed by atoms with Crippen molar-refractivity contribution in [2.24, 2.45) is 5.73 Å². The lowest BCUT2D eigenvalue weighted by molar-refractivity contribution is 0.317. The molecule has 0 spiro atoms. The molecule has 0 fully saturated rings. The van der Waals surface area contributed by atoms with Crippen LogP contribution in [0, 0.1) is 0 Å². The summed E-state index contributed by atoms with van der Waals surface area (Å²) in [5.41, 5.74) is 5.43. The van der Waals surface area contributed by atoms with Gasteiger partial charge in [-0.3, -0.25) is 0 Å². The van der Waals surface area contributed by atoms with Crippen LogP contribution in [0.2, 0.25) is 0 Å². The van der Waals surface area contributed by atoms with Gasteiger partial charge in [-0.15, -0.1) is 12.4 Å². The van der Waals surface area contributed by atoms with E-state index in [1.54, 1.807) is 0 Å². The molecule has 86 valence electrons. The Kier molecular flexibility index (Phi) is 5.09. The highest BCUT2D eigenvalue weighted by atomic mass is 35.5. The number of rotatable bonds is 4. The van der Waals surface area contributed by atoms with E-state index >= 15 is 0 Å². The van der Waals surface area contributed by atoms with Crippen LogP contribution in [0.1, 0.15) is 6.42 Å². The Morgan fingerprint density at radius 1 is 1.00 bits per heavy atom. The molecule has 2 aromatic carbocycles. The number of benzene rings is 2. The number of fused-ring (bicyclic) bond motifs is 1. The molecule has 2 rings (SSSR count). The smallest absolute Gasteiger partial charge is 0.127 e. The molecule has 0 atom stereocenters. The summed E-state index contributed by atoms with van der Waals surface area (Å²) in [5, 5.41) is 2.37. The molecule has 0 unspecified atom stereocenters. The van der Waals surface area contributed by atoms with Crippen molar-refractivity contribution in [1.29, 1.82) is 0 Å². The maximum Gasteiger partial charge on any atom is 0.127 e. The summed E-state index contributed by atoms with van der Waals surface area (Å²) in [4.78, 5) is 0. The number of nitrogens with two attached hydrogens (primary N) is 1. The maximum absolute atomic E-state index is 5.68. The van der Waals surface area contributed by atoms with Gasteiger partial charge in [-0.2, -0.15) is 0 Å². The van der Waals surface area contributed by atoms with Gasteiger partial charge in [-0.05, 0) is 24.4 Å². The molecule has 2 N–H and O–H groups in total. The van der Waals surface area contributed by atoms with Crippen molar-refractivity contribution in [3.8, 4) is 5.75 Å². The molecule has 0 heterocycles. The Labute approximate surface area is 102 Å². The van der Waals surface area contributed by atoms with E-state index in [0.29, 0.717) is 13.2 Å². The second-order valence-electron chi connectivity index (χ2n) is 3.47. The topological polar surface area (TPSA) is 35.2 Å². The molecular formula is C13H16ClNO. The zero-order valence-electron chi connectivity index (χ0n) is 9.06. The van der Waals surface area contributed by atoms with Crippen LogP contribution < -0.4 is 10.5 Å². The van der Waals surface area contributed by atoms with Crippen LogP contribution in [0.5, 0.6) is 5.75 Å². The largest absolute Gasteiger partial charge is 0.493 e. The SMILES string of the molecule is Cl.NCCCOc1cccc2ccccc12. The van der Waals surface area contributed by atoms with E-state index in [4.69, 9.17) is 10.5 Å². The van der Waals surface area contributed by atoms with Crippen molar-refractivity contribution in [2.45, 2.75) is 6.42 Å². The Hall–Kier alpha value is -1.25. The predicted molar refractivity (Wildman–Crippen MR) is 70.4 cm³/mol. The number of hydrogen-bond acceptors (Lipinski definition) is 2. The molecule has 0 radical (unpaired) electrons. The van der Waals surface area contributed by atoms with Crippen LogP contribution in [0.25, 0.3) is 10.8 Å². The zero-order chi connectivity index (χ0) is 10.5. The van der Waals surface area contributed by atoms with Gasteiger partial charge < -0.3 is 10.5 Å². The summed E-state index contributed by atoms with van der Waals surface area (Å²) in [6.45, 7) is 1.36. The third-order valence-electron chi connectivity index (χ3n) is 2.36. The van der Waals surface area contributed by atoms with Gasteiger partial charge in [0.2, 0.25) is 0 Å². The minimum absolute atomic E-state index is 0. The fraction of sp³-hybridized carbons (Fsp3) is 0.231. The molecule has 16 heavy (non-hydrogen) atoms. The first-order valence-corrected chi connectivity index (χ1v) is 5.22. The average molecular weight is 238 g/mol. The Morgan fingerprint density at radius 2 is 1.75 bits per heavy atom. The second-order valence-corrected chi connectivity index (χ2v) is 3.47. The number of halogens is 1. The van der Waals surface area contributed by atoms with Crippen LogP contribution in [-0.2, 0) is 0 Å². The van der Waals surface area contributed by atoms with Gasteiger partial charge in [0, 0.05) is 5.39 Å². The number of hydrogen-bond donors (Lipinski definition) is 1. The van der Waals surface area contributed by atoms with Gasteiger partial charge in [0.05, 0.1) is 6.61 Å². The van der Waals surface area contributed by atoms with Crippen LogP contribution in [0.4, 0.5) is 0 Å². The van der Waals surface area contributed by atoms with Crippen molar-refractivity contribution < 1.29 is 4.74 Å². The molecule has 0 aromatic heterocycles. The minimum atomic E-state index is 0. The van der Waals surface area contributed by atoms with Crippen LogP contribution in [0.3, 0.4) is 0 Å². The lowest BCUT2D eigenvalue weighted by atomic mass is 10.1. The molecule has 2 aromatic rings. The highest BCUT2D eigenvalue weighted by molar-refractivity contribution is 5.88. The fourth-order valence-electron chi connectivity index (χ4n) is 1.59. The molecule has 0 saturated heterocycles. The predicted octanol–water partition coefficient (Wildman–Crippen LogP) is 2.99. The Balaban J connectivity index is 0.00000128. The fourth-order valence-corrected chi connectivity index (χ4v) is 1.59. The molecule has 3 heteroatoms. The monoisotopic (exact) mass is 237 g/mol. The van der Waals surface area contributed by atoms with Crippen molar-refractivity contribution in [3.63, 3.8) is 0 Å². The summed E-state index contributed by atoms with van der Waals surface area (Å²) < 4.78 is 5.68. The lowest BCUT2D eigenvalue weighted by Gasteiger charge is -2.08. The summed E-state index contributed by atoms with van der Waals surface area (Å²) >= 11 is 0. The van der Waals surface area contributed by atoms with Crippen LogP contribution >= 0.6 is 12.4 Å². The lowest BCUT2D eigenvalue weighted by Crippen LogP contribution is -2.06. The van der Waals surface area contributed by atoms with Crippen molar-refractivity contribution in [2.75, 3.05) is 13.2 Å². The molecule has 2 nitrogen and oxygen atoms in total. The Bertz CT molecular complexity index is 439. The highest BCUT2D eigenvalue weighted by Crippen LogP contribution is 2.24. The molecule has 0 bridgehead atoms. The summed E-state index contributed by atoms with van der Waals surface area (Å²) in [6, 6.07) is 14.3. The van der Waals surface area contributed by atoms with Crippen molar-refractivity contribution in [3.05, 3.63) is 42.5 Å². The van der Waals surface area contributed by atoms with Gasteiger partial charge in [-0.1, -0.05) is 36.4 Å². The second kappa shape index (κ2) is 6.36. The van der Waals surface area contributed by atoms with Crippen molar-refractivity contribution in [1.82, 2.24) is 0 Å². The van der Waals surface area contributed by atoms with Gasteiger partial charge >= 0.3 is 0 Å². The third-order valence-corrected chi connectivity index (χ3v) is 2.36. The Morgan fingerprint density at radius 3 is 2.56 bits per heavy atom. The highest BCUT2D eigenvalue weighted by Gasteiger charge is 1.99. The summed E-state index contributed by atoms with van der Waals surface area (Å²) in [5.74, 6) is 0.946. The molecule has 0 aliphatic carbocycles. The molecule has 0 aliphatic heterocycles. The van der Waals surface area contributed by atoms with E-state index in [2.05, 4.69) is 18.2 Å². The first kappa shape index (κ1) is 12.8. The maximum atomic E-state index is 5.68. The van der Waals surface area contributed by atoms with E-state index in [1.807, 2.05) is 24.3 Å². The van der Waals surface area contributed by atoms with E-state index in [9.17, 15) is 0 Å². The van der Waals surface area contributed by atoms with Gasteiger partial charge in [-0.25, -0.2) is 0 Å². The summed E-state index contributed by atoms with van der Waals surface area (Å²) in [7, 11) is 0. The third kappa shape index (κ3) is 2.87. The van der Waals surface area contributed by atoms with Gasteiger partial charge in [0.1, 0.15) is 5.75 Å². The molecule has 0 aliphatic rings. The van der Waals surface area contributed by atoms with E-state index in [0.717, 1.165) is 17.6 Å². The molecule has 0 amide bonds. The summed E-state index contributed by atoms with van der Waals surface area (Å²) in [6.07, 6.45) is 0.892. The average Bonchev–Trinajstić information content (AvgIpc) is 2.30. The van der Waals surface area contributed by atoms with E-state index < -0.39 is 0 Å². The van der Waals surface area contributed by atoms with E-state index in [1.165, 1.54) is 5.39 Å². The van der Waals surface area contributed by atoms with Gasteiger partial charge in [0.25, 0.3) is 0 Å². The van der Waals surface area contributed by atoms with Gasteiger partial charge in [0.15, 0.2) is 0 Å². The minimum Gasteiger partial charge on any atom is -0.493 e. The molecular weight excluding hydrogens is 222 g/mol. The van der Waals surface area contributed by atoms with Crippen molar-refractivity contribution >= 4 is 23.2 Å². The molecule has 0 saturated carbocycles. The first-order chi connectivity index (χ1) is 7.42. The quantitative estimate of drug-likeness (QED) is 0.830. The van der Waals surface area contributed by atoms with E-state index in [-0.39, 0.29) is 12.4 Å². The first-order valence-electron chi connectivity index (χ1n) is 5.22. The number of ether oxygens (including phenoxy) is 1.